The topological polar surface area (TPSA) is 29.5 Å². The molecule has 21 heavy (non-hydrogen) atoms. The number of ether oxygens (including phenoxy) is 1. The predicted octanol–water partition coefficient (Wildman–Crippen LogP) is 4.33. The van der Waals surface area contributed by atoms with Gasteiger partial charge in [0, 0.05) is 36.7 Å². The third-order valence-electron chi connectivity index (χ3n) is 4.19. The molecule has 1 aromatic carbocycles. The highest BCUT2D eigenvalue weighted by molar-refractivity contribution is 6.35. The molecule has 1 unspecified atom stereocenters. The van der Waals surface area contributed by atoms with Gasteiger partial charge in [0.2, 0.25) is 5.91 Å². The van der Waals surface area contributed by atoms with E-state index in [9.17, 15) is 4.79 Å². The van der Waals surface area contributed by atoms with Crippen molar-refractivity contribution in [1.29, 1.82) is 0 Å². The summed E-state index contributed by atoms with van der Waals surface area (Å²) in [5, 5.41) is 1.20. The molecule has 5 heteroatoms. The number of halogens is 2. The Labute approximate surface area is 136 Å². The van der Waals surface area contributed by atoms with E-state index in [0.717, 1.165) is 31.6 Å². The largest absolute Gasteiger partial charge is 0.381 e. The Morgan fingerprint density at radius 3 is 2.67 bits per heavy atom. The average Bonchev–Trinajstić information content (AvgIpc) is 2.47. The van der Waals surface area contributed by atoms with E-state index in [1.165, 1.54) is 0 Å². The lowest BCUT2D eigenvalue weighted by Gasteiger charge is -2.29. The number of hydrogen-bond acceptors (Lipinski definition) is 2. The van der Waals surface area contributed by atoms with Crippen molar-refractivity contribution >= 4 is 29.1 Å². The van der Waals surface area contributed by atoms with Crippen molar-refractivity contribution in [1.82, 2.24) is 4.90 Å². The van der Waals surface area contributed by atoms with Gasteiger partial charge in [0.05, 0.1) is 6.04 Å². The molecule has 116 valence electrons. The van der Waals surface area contributed by atoms with Crippen LogP contribution in [-0.2, 0) is 9.53 Å². The van der Waals surface area contributed by atoms with Crippen LogP contribution in [-0.4, -0.2) is 31.1 Å². The van der Waals surface area contributed by atoms with Crippen molar-refractivity contribution in [2.45, 2.75) is 32.2 Å². The van der Waals surface area contributed by atoms with E-state index in [0.29, 0.717) is 22.4 Å². The van der Waals surface area contributed by atoms with E-state index in [2.05, 4.69) is 0 Å². The summed E-state index contributed by atoms with van der Waals surface area (Å²) in [6.07, 6.45) is 2.51. The van der Waals surface area contributed by atoms with Crippen LogP contribution in [0.3, 0.4) is 0 Å². The quantitative estimate of drug-likeness (QED) is 0.822. The normalized spacial score (nSPS) is 17.5. The zero-order chi connectivity index (χ0) is 15.4. The first kappa shape index (κ1) is 16.6. The fourth-order valence-electron chi connectivity index (χ4n) is 2.61. The molecule has 1 amide bonds. The highest BCUT2D eigenvalue weighted by Crippen LogP contribution is 2.30. The Hall–Kier alpha value is -0.770. The highest BCUT2D eigenvalue weighted by Gasteiger charge is 2.23. The summed E-state index contributed by atoms with van der Waals surface area (Å²) in [6.45, 7) is 3.51. The maximum atomic E-state index is 12.4. The van der Waals surface area contributed by atoms with Crippen molar-refractivity contribution in [3.63, 3.8) is 0 Å². The van der Waals surface area contributed by atoms with Crippen LogP contribution >= 0.6 is 23.2 Å². The van der Waals surface area contributed by atoms with E-state index in [1.807, 2.05) is 20.0 Å². The van der Waals surface area contributed by atoms with Crippen molar-refractivity contribution in [3.8, 4) is 0 Å². The maximum Gasteiger partial charge on any atom is 0.223 e. The smallest absolute Gasteiger partial charge is 0.223 e. The fourth-order valence-corrected chi connectivity index (χ4v) is 3.17. The van der Waals surface area contributed by atoms with Crippen LogP contribution in [0.1, 0.15) is 37.8 Å². The van der Waals surface area contributed by atoms with Gasteiger partial charge in [-0.25, -0.2) is 0 Å². The first-order chi connectivity index (χ1) is 9.99. The number of carbonyl (C=O) groups is 1. The lowest BCUT2D eigenvalue weighted by Crippen LogP contribution is -2.32. The minimum absolute atomic E-state index is 0.0675. The van der Waals surface area contributed by atoms with Gasteiger partial charge in [-0.1, -0.05) is 29.3 Å². The van der Waals surface area contributed by atoms with Gasteiger partial charge in [-0.3, -0.25) is 4.79 Å². The van der Waals surface area contributed by atoms with Crippen LogP contribution in [0, 0.1) is 5.92 Å². The Bertz CT molecular complexity index is 501. The minimum Gasteiger partial charge on any atom is -0.381 e. The Morgan fingerprint density at radius 1 is 1.38 bits per heavy atom. The minimum atomic E-state index is -0.0675. The van der Waals surface area contributed by atoms with Gasteiger partial charge in [0.15, 0.2) is 0 Å². The molecule has 0 bridgehead atoms. The van der Waals surface area contributed by atoms with Gasteiger partial charge in [-0.15, -0.1) is 0 Å². The number of nitrogens with zero attached hydrogens (tertiary/aromatic N) is 1. The number of hydrogen-bond donors (Lipinski definition) is 0. The molecule has 0 radical (unpaired) electrons. The van der Waals surface area contributed by atoms with Gasteiger partial charge in [0.25, 0.3) is 0 Å². The van der Waals surface area contributed by atoms with Gasteiger partial charge in [0.1, 0.15) is 0 Å². The Morgan fingerprint density at radius 2 is 2.05 bits per heavy atom. The third kappa shape index (κ3) is 4.35. The maximum absolute atomic E-state index is 12.4. The average molecular weight is 330 g/mol. The molecule has 1 atom stereocenters. The second-order valence-electron chi connectivity index (χ2n) is 5.61. The zero-order valence-electron chi connectivity index (χ0n) is 12.4. The van der Waals surface area contributed by atoms with Gasteiger partial charge in [-0.05, 0) is 43.4 Å². The van der Waals surface area contributed by atoms with E-state index in [4.69, 9.17) is 27.9 Å². The van der Waals surface area contributed by atoms with Crippen LogP contribution in [0.15, 0.2) is 18.2 Å². The molecule has 0 N–H and O–H groups in total. The number of amides is 1. The lowest BCUT2D eigenvalue weighted by atomic mass is 9.95. The molecule has 1 aromatic rings. The Kier molecular flexibility index (Phi) is 5.91. The number of carbonyl (C=O) groups excluding carboxylic acids is 1. The fraction of sp³-hybridized carbons (Fsp3) is 0.562. The standard InChI is InChI=1S/C16H21Cl2NO2/c1-11(14-4-3-13(17)10-15(14)18)19(2)16(20)9-12-5-7-21-8-6-12/h3-4,10-12H,5-9H2,1-2H3. The van der Waals surface area contributed by atoms with Gasteiger partial charge in [-0.2, -0.15) is 0 Å². The summed E-state index contributed by atoms with van der Waals surface area (Å²) in [5.74, 6) is 0.585. The second kappa shape index (κ2) is 7.48. The molecule has 1 saturated heterocycles. The molecule has 1 aliphatic rings. The molecule has 1 aliphatic heterocycles. The van der Waals surface area contributed by atoms with Crippen molar-refractivity contribution in [3.05, 3.63) is 33.8 Å². The molecule has 0 aromatic heterocycles. The van der Waals surface area contributed by atoms with Crippen LogP contribution in [0.2, 0.25) is 10.0 Å². The molecule has 0 aliphatic carbocycles. The summed E-state index contributed by atoms with van der Waals surface area (Å²) in [6, 6.07) is 5.33. The molecule has 0 saturated carbocycles. The Balaban J connectivity index is 2.00. The van der Waals surface area contributed by atoms with Crippen molar-refractivity contribution in [2.75, 3.05) is 20.3 Å². The molecular weight excluding hydrogens is 309 g/mol. The summed E-state index contributed by atoms with van der Waals surface area (Å²) < 4.78 is 5.33. The zero-order valence-corrected chi connectivity index (χ0v) is 14.0. The van der Waals surface area contributed by atoms with E-state index in [1.54, 1.807) is 17.0 Å². The number of benzene rings is 1. The van der Waals surface area contributed by atoms with E-state index >= 15 is 0 Å². The van der Waals surface area contributed by atoms with Gasteiger partial charge < -0.3 is 9.64 Å². The molecule has 1 heterocycles. The third-order valence-corrected chi connectivity index (χ3v) is 4.75. The predicted molar refractivity (Wildman–Crippen MR) is 85.8 cm³/mol. The summed E-state index contributed by atoms with van der Waals surface area (Å²) >= 11 is 12.1. The molecule has 0 spiro atoms. The summed E-state index contributed by atoms with van der Waals surface area (Å²) in [4.78, 5) is 14.2. The van der Waals surface area contributed by atoms with Gasteiger partial charge >= 0.3 is 0 Å². The van der Waals surface area contributed by atoms with Crippen LogP contribution in [0.5, 0.6) is 0 Å². The molecular formula is C16H21Cl2NO2. The van der Waals surface area contributed by atoms with E-state index in [-0.39, 0.29) is 11.9 Å². The first-order valence-electron chi connectivity index (χ1n) is 7.27. The SMILES string of the molecule is CC(c1ccc(Cl)cc1Cl)N(C)C(=O)CC1CCOCC1. The molecule has 2 rings (SSSR count). The monoisotopic (exact) mass is 329 g/mol. The summed E-state index contributed by atoms with van der Waals surface area (Å²) in [5.41, 5.74) is 0.920. The first-order valence-corrected chi connectivity index (χ1v) is 8.03. The van der Waals surface area contributed by atoms with Crippen LogP contribution in [0.25, 0.3) is 0 Å². The summed E-state index contributed by atoms with van der Waals surface area (Å²) in [7, 11) is 1.83. The van der Waals surface area contributed by atoms with E-state index < -0.39 is 0 Å². The lowest BCUT2D eigenvalue weighted by molar-refractivity contribution is -0.133. The second-order valence-corrected chi connectivity index (χ2v) is 6.45. The molecule has 3 nitrogen and oxygen atoms in total. The van der Waals surface area contributed by atoms with Crippen molar-refractivity contribution < 1.29 is 9.53 Å². The van der Waals surface area contributed by atoms with Crippen LogP contribution < -0.4 is 0 Å². The van der Waals surface area contributed by atoms with Crippen molar-refractivity contribution in [2.24, 2.45) is 5.92 Å². The molecule has 1 fully saturated rings. The highest BCUT2D eigenvalue weighted by atomic mass is 35.5. The van der Waals surface area contributed by atoms with Crippen LogP contribution in [0.4, 0.5) is 0 Å². The number of rotatable bonds is 4.